The standard InChI is InChI=1S/C30H32ClF5N4O5S/c1-29(2,3)45-28(42)40-16-9-38(10-17(40)13-44-12-16)26-19-5-15(30(34,35)36)6-24-25(19)39(27(41)37-26)11-18(43-4)14-46(24)23-7-20(31)21(32)8-22(23)33/h5-8,16-18,46H,9-14H2,1-4H3/t16?,17?,18-/m0/s1. The summed E-state index contributed by atoms with van der Waals surface area (Å²) in [7, 11) is -0.597. The molecule has 4 heterocycles. The van der Waals surface area contributed by atoms with Crippen molar-refractivity contribution >= 4 is 45.3 Å². The molecule has 0 spiro atoms. The van der Waals surface area contributed by atoms with Crippen molar-refractivity contribution in [1.29, 1.82) is 0 Å². The Labute approximate surface area is 268 Å². The molecule has 0 N–H and O–H groups in total. The maximum absolute atomic E-state index is 15.4. The number of carbonyl (C=O) groups is 1. The summed E-state index contributed by atoms with van der Waals surface area (Å²) in [5.41, 5.74) is -2.34. The monoisotopic (exact) mass is 690 g/mol. The number of fused-ring (bicyclic) bond motifs is 2. The molecule has 2 aromatic carbocycles. The van der Waals surface area contributed by atoms with Gasteiger partial charge in [-0.05, 0) is 39.0 Å². The van der Waals surface area contributed by atoms with Gasteiger partial charge in [0, 0.05) is 47.2 Å². The number of amides is 1. The number of methoxy groups -OCH3 is 1. The molecule has 0 aliphatic carbocycles. The highest BCUT2D eigenvalue weighted by Gasteiger charge is 2.44. The number of alkyl halides is 3. The number of hydrogen-bond donors (Lipinski definition) is 1. The number of ether oxygens (including phenoxy) is 3. The molecule has 9 nitrogen and oxygen atoms in total. The van der Waals surface area contributed by atoms with E-state index in [2.05, 4.69) is 4.98 Å². The molecule has 1 amide bonds. The quantitative estimate of drug-likeness (QED) is 0.217. The van der Waals surface area contributed by atoms with Crippen LogP contribution in [0.25, 0.3) is 10.9 Å². The van der Waals surface area contributed by atoms with Gasteiger partial charge in [0.25, 0.3) is 0 Å². The number of halogens is 6. The number of benzene rings is 2. The van der Waals surface area contributed by atoms with Gasteiger partial charge in [0.2, 0.25) is 0 Å². The van der Waals surface area contributed by atoms with Gasteiger partial charge in [-0.15, -0.1) is 0 Å². The van der Waals surface area contributed by atoms with Crippen LogP contribution in [0.3, 0.4) is 0 Å². The van der Waals surface area contributed by atoms with Crippen molar-refractivity contribution in [2.24, 2.45) is 0 Å². The van der Waals surface area contributed by atoms with E-state index in [-0.39, 0.29) is 70.1 Å². The molecule has 3 aliphatic rings. The van der Waals surface area contributed by atoms with Gasteiger partial charge in [0.15, 0.2) is 0 Å². The lowest BCUT2D eigenvalue weighted by atomic mass is 10.0. The number of hydrogen-bond acceptors (Lipinski definition) is 7. The maximum atomic E-state index is 15.4. The molecule has 2 saturated heterocycles. The zero-order valence-corrected chi connectivity index (χ0v) is 27.0. The van der Waals surface area contributed by atoms with E-state index < -0.39 is 69.8 Å². The summed E-state index contributed by atoms with van der Waals surface area (Å²) in [5, 5.41) is -0.350. The summed E-state index contributed by atoms with van der Waals surface area (Å²) < 4.78 is 91.2. The number of piperazine rings is 1. The van der Waals surface area contributed by atoms with Crippen LogP contribution in [0, 0.1) is 11.6 Å². The lowest BCUT2D eigenvalue weighted by molar-refractivity contribution is -0.137. The average Bonchev–Trinajstić information content (AvgIpc) is 3.12. The van der Waals surface area contributed by atoms with E-state index in [0.29, 0.717) is 6.07 Å². The molecule has 46 heavy (non-hydrogen) atoms. The molecule has 2 fully saturated rings. The molecular formula is C30H32ClF5N4O5S. The Morgan fingerprint density at radius 2 is 1.70 bits per heavy atom. The molecule has 4 atom stereocenters. The summed E-state index contributed by atoms with van der Waals surface area (Å²) >= 11 is 6.03. The van der Waals surface area contributed by atoms with Gasteiger partial charge in [0.05, 0.1) is 54.0 Å². The van der Waals surface area contributed by atoms with Gasteiger partial charge in [-0.1, -0.05) is 11.6 Å². The molecule has 250 valence electrons. The van der Waals surface area contributed by atoms with Crippen molar-refractivity contribution < 1.29 is 41.0 Å². The molecule has 3 aromatic rings. The molecule has 3 unspecified atom stereocenters. The molecule has 16 heteroatoms. The van der Waals surface area contributed by atoms with E-state index in [1.807, 2.05) is 0 Å². The van der Waals surface area contributed by atoms with Crippen LogP contribution in [0.1, 0.15) is 26.3 Å². The van der Waals surface area contributed by atoms with Gasteiger partial charge in [-0.3, -0.25) is 9.47 Å². The predicted octanol–water partition coefficient (Wildman–Crippen LogP) is 5.62. The third kappa shape index (κ3) is 6.02. The first kappa shape index (κ1) is 32.8. The SMILES string of the molecule is CO[C@H]1Cn2c(=O)nc(N3CC4COCC(C3)N4C(=O)OC(C)(C)C)c3cc(C(F)(F)F)cc(c32)[SH](c2cc(Cl)c(F)cc2F)C1. The summed E-state index contributed by atoms with van der Waals surface area (Å²) in [6, 6.07) is 2.49. The van der Waals surface area contributed by atoms with Crippen LogP contribution in [-0.2, 0) is 26.9 Å². The zero-order valence-electron chi connectivity index (χ0n) is 25.3. The second-order valence-corrected chi connectivity index (χ2v) is 15.1. The maximum Gasteiger partial charge on any atom is 0.416 e. The number of rotatable bonds is 3. The number of carbonyl (C=O) groups excluding carboxylic acids is 1. The minimum absolute atomic E-state index is 0.00719. The molecule has 0 radical (unpaired) electrons. The molecule has 1 aromatic heterocycles. The van der Waals surface area contributed by atoms with Crippen molar-refractivity contribution in [3.63, 3.8) is 0 Å². The van der Waals surface area contributed by atoms with Crippen molar-refractivity contribution in [2.45, 2.75) is 67.1 Å². The Morgan fingerprint density at radius 3 is 2.30 bits per heavy atom. The van der Waals surface area contributed by atoms with Crippen LogP contribution in [0.2, 0.25) is 5.02 Å². The highest BCUT2D eigenvalue weighted by Crippen LogP contribution is 2.53. The molecule has 0 saturated carbocycles. The van der Waals surface area contributed by atoms with E-state index in [1.165, 1.54) is 11.7 Å². The number of aromatic nitrogens is 2. The fourth-order valence-electron chi connectivity index (χ4n) is 6.27. The van der Waals surface area contributed by atoms with E-state index in [1.54, 1.807) is 30.6 Å². The normalized spacial score (nSPS) is 24.2. The molecular weight excluding hydrogens is 659 g/mol. The van der Waals surface area contributed by atoms with Crippen molar-refractivity contribution in [3.8, 4) is 0 Å². The second-order valence-electron chi connectivity index (χ2n) is 12.5. The lowest BCUT2D eigenvalue weighted by Gasteiger charge is -2.49. The fourth-order valence-corrected chi connectivity index (χ4v) is 9.23. The largest absolute Gasteiger partial charge is 0.444 e. The van der Waals surface area contributed by atoms with Gasteiger partial charge >= 0.3 is 18.0 Å². The number of nitrogens with zero attached hydrogens (tertiary/aromatic N) is 4. The lowest BCUT2D eigenvalue weighted by Crippen LogP contribution is -2.67. The molecule has 2 bridgehead atoms. The minimum Gasteiger partial charge on any atom is -0.444 e. The van der Waals surface area contributed by atoms with Crippen LogP contribution in [-0.4, -0.2) is 83.5 Å². The first-order chi connectivity index (χ1) is 21.6. The van der Waals surface area contributed by atoms with Gasteiger partial charge < -0.3 is 19.1 Å². The van der Waals surface area contributed by atoms with E-state index >= 15 is 4.39 Å². The van der Waals surface area contributed by atoms with Crippen LogP contribution >= 0.6 is 22.5 Å². The van der Waals surface area contributed by atoms with E-state index in [0.717, 1.165) is 18.2 Å². The molecule has 6 rings (SSSR count). The van der Waals surface area contributed by atoms with Crippen LogP contribution in [0.4, 0.5) is 32.6 Å². The number of thiol groups is 1. The van der Waals surface area contributed by atoms with Gasteiger partial charge in [0.1, 0.15) is 23.1 Å². The molecule has 3 aliphatic heterocycles. The van der Waals surface area contributed by atoms with Crippen LogP contribution in [0.5, 0.6) is 0 Å². The fraction of sp³-hybridized carbons (Fsp3) is 0.500. The third-order valence-electron chi connectivity index (χ3n) is 8.21. The Kier molecular flexibility index (Phi) is 8.43. The summed E-state index contributed by atoms with van der Waals surface area (Å²) in [4.78, 5) is 34.4. The Balaban J connectivity index is 1.55. The smallest absolute Gasteiger partial charge is 0.416 e. The zero-order chi connectivity index (χ0) is 33.3. The van der Waals surface area contributed by atoms with E-state index in [9.17, 15) is 27.2 Å². The third-order valence-corrected chi connectivity index (χ3v) is 11.1. The Hall–Kier alpha value is -3.14. The highest BCUT2D eigenvalue weighted by atomic mass is 35.5. The first-order valence-corrected chi connectivity index (χ1v) is 16.4. The van der Waals surface area contributed by atoms with Crippen molar-refractivity contribution in [2.75, 3.05) is 44.1 Å². The minimum atomic E-state index is -4.81. The second kappa shape index (κ2) is 11.8. The summed E-state index contributed by atoms with van der Waals surface area (Å²) in [6.07, 6.45) is -6.06. The number of morpholine rings is 1. The van der Waals surface area contributed by atoms with Crippen molar-refractivity contribution in [1.82, 2.24) is 14.5 Å². The van der Waals surface area contributed by atoms with Gasteiger partial charge in [-0.2, -0.15) is 29.1 Å². The highest BCUT2D eigenvalue weighted by molar-refractivity contribution is 8.17. The number of anilines is 1. The van der Waals surface area contributed by atoms with Crippen LogP contribution in [0.15, 0.2) is 38.9 Å². The topological polar surface area (TPSA) is 86.1 Å². The Bertz CT molecular complexity index is 1750. The van der Waals surface area contributed by atoms with Crippen molar-refractivity contribution in [3.05, 3.63) is 57.0 Å². The Morgan fingerprint density at radius 1 is 1.02 bits per heavy atom. The first-order valence-electron chi connectivity index (χ1n) is 14.5. The van der Waals surface area contributed by atoms with Gasteiger partial charge in [-0.25, -0.2) is 18.4 Å². The summed E-state index contributed by atoms with van der Waals surface area (Å²) in [5.74, 6) is -1.93. The summed E-state index contributed by atoms with van der Waals surface area (Å²) in [6.45, 7) is 5.67. The van der Waals surface area contributed by atoms with E-state index in [4.69, 9.17) is 25.8 Å². The van der Waals surface area contributed by atoms with Crippen LogP contribution < -0.4 is 10.6 Å². The predicted molar refractivity (Wildman–Crippen MR) is 162 cm³/mol. The average molecular weight is 691 g/mol.